The number of methoxy groups -OCH3 is 2. The Morgan fingerprint density at radius 1 is 1.38 bits per heavy atom. The molecule has 29 heavy (non-hydrogen) atoms. The monoisotopic (exact) mass is 402 g/mol. The van der Waals surface area contributed by atoms with Crippen molar-refractivity contribution in [2.75, 3.05) is 34.4 Å². The van der Waals surface area contributed by atoms with Gasteiger partial charge in [-0.1, -0.05) is 19.9 Å². The Morgan fingerprint density at radius 3 is 2.72 bits per heavy atom. The summed E-state index contributed by atoms with van der Waals surface area (Å²) in [7, 11) is 5.03. The van der Waals surface area contributed by atoms with Crippen LogP contribution >= 0.6 is 0 Å². The third kappa shape index (κ3) is 5.89. The molecular weight excluding hydrogens is 368 g/mol. The Morgan fingerprint density at radius 2 is 2.14 bits per heavy atom. The number of nitrogens with zero attached hydrogens (tertiary/aromatic N) is 2. The zero-order chi connectivity index (χ0) is 21.4. The van der Waals surface area contributed by atoms with Gasteiger partial charge in [-0.2, -0.15) is 0 Å². The summed E-state index contributed by atoms with van der Waals surface area (Å²) in [5, 5.41) is 6.77. The molecule has 1 aromatic carbocycles. The van der Waals surface area contributed by atoms with Crippen LogP contribution in [-0.2, 0) is 17.8 Å². The highest BCUT2D eigenvalue weighted by Gasteiger charge is 2.28. The molecule has 1 unspecified atom stereocenters. The van der Waals surface area contributed by atoms with Gasteiger partial charge in [0.1, 0.15) is 0 Å². The third-order valence-electron chi connectivity index (χ3n) is 5.00. The number of nitrogens with one attached hydrogen (secondary N) is 2. The maximum Gasteiger partial charge on any atom is 0.225 e. The lowest BCUT2D eigenvalue weighted by atomic mass is 10.1. The minimum Gasteiger partial charge on any atom is -0.493 e. The van der Waals surface area contributed by atoms with E-state index in [2.05, 4.69) is 28.3 Å². The molecule has 2 N–H and O–H groups in total. The molecule has 7 nitrogen and oxygen atoms in total. The van der Waals surface area contributed by atoms with Gasteiger partial charge in [-0.05, 0) is 30.5 Å². The van der Waals surface area contributed by atoms with Crippen molar-refractivity contribution in [1.29, 1.82) is 0 Å². The van der Waals surface area contributed by atoms with Gasteiger partial charge in [0.15, 0.2) is 17.5 Å². The number of carbonyl (C=O) groups excluding carboxylic acids is 1. The Kier molecular flexibility index (Phi) is 8.36. The summed E-state index contributed by atoms with van der Waals surface area (Å²) >= 11 is 0. The van der Waals surface area contributed by atoms with Crippen molar-refractivity contribution in [3.63, 3.8) is 0 Å². The number of aliphatic imine (C=N–C) groups is 1. The molecule has 1 aliphatic rings. The standard InChI is InChI=1S/C22H34N4O3/c1-7-8-17-11-16(12-19(28-5)20(17)29-6)13-24-22(23-4)25-18-9-10-26(14-18)21(27)15(2)3/h7,11-12,15,18H,1,8-10,13-14H2,2-6H3,(H2,23,24,25). The second-order valence-corrected chi connectivity index (χ2v) is 7.48. The lowest BCUT2D eigenvalue weighted by molar-refractivity contribution is -0.133. The molecule has 7 heteroatoms. The first-order valence-electron chi connectivity index (χ1n) is 10.0. The minimum atomic E-state index is 0.0287. The highest BCUT2D eigenvalue weighted by molar-refractivity contribution is 5.81. The van der Waals surface area contributed by atoms with Crippen molar-refractivity contribution < 1.29 is 14.3 Å². The fourth-order valence-electron chi connectivity index (χ4n) is 3.53. The van der Waals surface area contributed by atoms with E-state index in [9.17, 15) is 4.79 Å². The topological polar surface area (TPSA) is 75.2 Å². The van der Waals surface area contributed by atoms with Crippen molar-refractivity contribution in [2.45, 2.75) is 39.3 Å². The number of hydrogen-bond acceptors (Lipinski definition) is 4. The maximum atomic E-state index is 12.2. The van der Waals surface area contributed by atoms with Gasteiger partial charge in [0.05, 0.1) is 14.2 Å². The van der Waals surface area contributed by atoms with Crippen LogP contribution in [0.25, 0.3) is 0 Å². The molecule has 0 aliphatic carbocycles. The summed E-state index contributed by atoms with van der Waals surface area (Å²) < 4.78 is 11.0. The molecule has 1 fully saturated rings. The van der Waals surface area contributed by atoms with Gasteiger partial charge >= 0.3 is 0 Å². The van der Waals surface area contributed by atoms with E-state index in [0.717, 1.165) is 29.8 Å². The van der Waals surface area contributed by atoms with E-state index < -0.39 is 0 Å². The Labute approximate surface area is 174 Å². The fraction of sp³-hybridized carbons (Fsp3) is 0.545. The highest BCUT2D eigenvalue weighted by Crippen LogP contribution is 2.33. The van der Waals surface area contributed by atoms with E-state index in [1.54, 1.807) is 21.3 Å². The van der Waals surface area contributed by atoms with Crippen molar-refractivity contribution >= 4 is 11.9 Å². The average Bonchev–Trinajstić information content (AvgIpc) is 3.18. The zero-order valence-electron chi connectivity index (χ0n) is 18.2. The molecular formula is C22H34N4O3. The van der Waals surface area contributed by atoms with E-state index in [1.807, 2.05) is 30.9 Å². The molecule has 1 atom stereocenters. The highest BCUT2D eigenvalue weighted by atomic mass is 16.5. The quantitative estimate of drug-likeness (QED) is 0.397. The van der Waals surface area contributed by atoms with E-state index in [-0.39, 0.29) is 17.9 Å². The van der Waals surface area contributed by atoms with Gasteiger partial charge in [0.25, 0.3) is 0 Å². The summed E-state index contributed by atoms with van der Waals surface area (Å²) in [6.45, 7) is 9.78. The summed E-state index contributed by atoms with van der Waals surface area (Å²) in [6, 6.07) is 4.25. The molecule has 1 amide bonds. The van der Waals surface area contributed by atoms with Crippen LogP contribution in [0.1, 0.15) is 31.4 Å². The van der Waals surface area contributed by atoms with Gasteiger partial charge in [0, 0.05) is 44.2 Å². The number of carbonyl (C=O) groups is 1. The first-order chi connectivity index (χ1) is 13.9. The average molecular weight is 403 g/mol. The number of likely N-dealkylation sites (tertiary alicyclic amines) is 1. The molecule has 0 bridgehead atoms. The van der Waals surface area contributed by atoms with Crippen molar-refractivity contribution in [3.05, 3.63) is 35.9 Å². The van der Waals surface area contributed by atoms with Crippen LogP contribution < -0.4 is 20.1 Å². The maximum absolute atomic E-state index is 12.2. The molecule has 1 heterocycles. The van der Waals surface area contributed by atoms with Crippen LogP contribution in [0.5, 0.6) is 11.5 Å². The number of hydrogen-bond donors (Lipinski definition) is 2. The number of rotatable bonds is 8. The van der Waals surface area contributed by atoms with Gasteiger partial charge in [-0.15, -0.1) is 6.58 Å². The lowest BCUT2D eigenvalue weighted by Gasteiger charge is -2.20. The largest absolute Gasteiger partial charge is 0.493 e. The summed E-state index contributed by atoms with van der Waals surface area (Å²) in [6.07, 6.45) is 3.46. The molecule has 0 radical (unpaired) electrons. The normalized spacial score (nSPS) is 16.7. The zero-order valence-corrected chi connectivity index (χ0v) is 18.2. The van der Waals surface area contributed by atoms with E-state index >= 15 is 0 Å². The SMILES string of the molecule is C=CCc1cc(CNC(=NC)NC2CCN(C(=O)C(C)C)C2)cc(OC)c1OC. The molecule has 0 saturated carbocycles. The first kappa shape index (κ1) is 22.6. The number of guanidine groups is 1. The van der Waals surface area contributed by atoms with Crippen LogP contribution in [0.2, 0.25) is 0 Å². The molecule has 1 aliphatic heterocycles. The van der Waals surface area contributed by atoms with Gasteiger partial charge in [-0.25, -0.2) is 0 Å². The Bertz CT molecular complexity index is 746. The first-order valence-corrected chi connectivity index (χ1v) is 10.0. The number of benzene rings is 1. The van der Waals surface area contributed by atoms with Gasteiger partial charge < -0.3 is 25.0 Å². The Hall–Kier alpha value is -2.70. The summed E-state index contributed by atoms with van der Waals surface area (Å²) in [4.78, 5) is 18.4. The van der Waals surface area contributed by atoms with E-state index in [0.29, 0.717) is 31.2 Å². The molecule has 0 spiro atoms. The summed E-state index contributed by atoms with van der Waals surface area (Å²) in [5.74, 6) is 2.39. The van der Waals surface area contributed by atoms with Crippen LogP contribution in [-0.4, -0.2) is 57.2 Å². The minimum absolute atomic E-state index is 0.0287. The van der Waals surface area contributed by atoms with Gasteiger partial charge in [0.2, 0.25) is 5.91 Å². The second-order valence-electron chi connectivity index (χ2n) is 7.48. The van der Waals surface area contributed by atoms with Crippen molar-refractivity contribution in [3.8, 4) is 11.5 Å². The predicted octanol–water partition coefficient (Wildman–Crippen LogP) is 2.35. The van der Waals surface area contributed by atoms with Crippen LogP contribution in [0, 0.1) is 5.92 Å². The van der Waals surface area contributed by atoms with Crippen LogP contribution in [0.3, 0.4) is 0 Å². The van der Waals surface area contributed by atoms with E-state index in [1.165, 1.54) is 0 Å². The molecule has 1 saturated heterocycles. The lowest BCUT2D eigenvalue weighted by Crippen LogP contribution is -2.45. The third-order valence-corrected chi connectivity index (χ3v) is 5.00. The number of ether oxygens (including phenoxy) is 2. The van der Waals surface area contributed by atoms with Crippen molar-refractivity contribution in [1.82, 2.24) is 15.5 Å². The van der Waals surface area contributed by atoms with Crippen molar-refractivity contribution in [2.24, 2.45) is 10.9 Å². The molecule has 1 aromatic rings. The second kappa shape index (κ2) is 10.7. The van der Waals surface area contributed by atoms with Crippen LogP contribution in [0.15, 0.2) is 29.8 Å². The molecule has 0 aromatic heterocycles. The van der Waals surface area contributed by atoms with Crippen LogP contribution in [0.4, 0.5) is 0 Å². The van der Waals surface area contributed by atoms with E-state index in [4.69, 9.17) is 9.47 Å². The smallest absolute Gasteiger partial charge is 0.225 e. The molecule has 2 rings (SSSR count). The summed E-state index contributed by atoms with van der Waals surface area (Å²) in [5.41, 5.74) is 2.09. The number of allylic oxidation sites excluding steroid dienone is 1. The Balaban J connectivity index is 2.00. The number of amides is 1. The molecule has 160 valence electrons. The predicted molar refractivity (Wildman–Crippen MR) is 117 cm³/mol. The van der Waals surface area contributed by atoms with Gasteiger partial charge in [-0.3, -0.25) is 9.79 Å². The fourth-order valence-corrected chi connectivity index (χ4v) is 3.53.